The molecule has 0 radical (unpaired) electrons. The van der Waals surface area contributed by atoms with Crippen molar-refractivity contribution in [2.24, 2.45) is 0 Å². The Labute approximate surface area is 103 Å². The minimum absolute atomic E-state index is 0.156. The molecule has 0 N–H and O–H groups in total. The number of halogens is 3. The maximum Gasteiger partial charge on any atom is 0.397 e. The van der Waals surface area contributed by atoms with Gasteiger partial charge in [-0.05, 0) is 12.0 Å². The fourth-order valence-electron chi connectivity index (χ4n) is 2.27. The molecule has 0 aromatic heterocycles. The van der Waals surface area contributed by atoms with Crippen molar-refractivity contribution in [3.05, 3.63) is 35.9 Å². The van der Waals surface area contributed by atoms with Crippen LogP contribution in [0.3, 0.4) is 0 Å². The van der Waals surface area contributed by atoms with Gasteiger partial charge in [0.15, 0.2) is 0 Å². The molecule has 1 aromatic carbocycles. The summed E-state index contributed by atoms with van der Waals surface area (Å²) in [6.45, 7) is 0.799. The normalized spacial score (nSPS) is 20.2. The lowest BCUT2D eigenvalue weighted by Gasteiger charge is -2.17. The molecule has 2 nitrogen and oxygen atoms in total. The van der Waals surface area contributed by atoms with Gasteiger partial charge in [0.25, 0.3) is 0 Å². The van der Waals surface area contributed by atoms with Crippen molar-refractivity contribution < 1.29 is 18.0 Å². The molecule has 1 fully saturated rings. The Morgan fingerprint density at radius 1 is 1.28 bits per heavy atom. The summed E-state index contributed by atoms with van der Waals surface area (Å²) in [4.78, 5) is 12.8. The van der Waals surface area contributed by atoms with Gasteiger partial charge in [-0.2, -0.15) is 13.2 Å². The molecule has 0 bridgehead atoms. The first-order valence-electron chi connectivity index (χ1n) is 5.85. The molecule has 1 unspecified atom stereocenters. The quantitative estimate of drug-likeness (QED) is 0.797. The fraction of sp³-hybridized carbons (Fsp3) is 0.462. The topological polar surface area (TPSA) is 20.3 Å². The summed E-state index contributed by atoms with van der Waals surface area (Å²) < 4.78 is 36.4. The second-order valence-corrected chi connectivity index (χ2v) is 4.53. The van der Waals surface area contributed by atoms with Crippen LogP contribution in [-0.2, 0) is 4.79 Å². The lowest BCUT2D eigenvalue weighted by atomic mass is 9.99. The summed E-state index contributed by atoms with van der Waals surface area (Å²) in [6.07, 6.45) is -5.04. The van der Waals surface area contributed by atoms with Crippen LogP contribution in [0.4, 0.5) is 13.2 Å². The first-order valence-corrected chi connectivity index (χ1v) is 5.85. The van der Waals surface area contributed by atoms with E-state index < -0.39 is 18.5 Å². The van der Waals surface area contributed by atoms with Gasteiger partial charge >= 0.3 is 6.18 Å². The number of carbonyl (C=O) groups is 1. The van der Waals surface area contributed by atoms with Crippen molar-refractivity contribution in [1.29, 1.82) is 0 Å². The molecule has 1 atom stereocenters. The van der Waals surface area contributed by atoms with E-state index in [4.69, 9.17) is 0 Å². The highest BCUT2D eigenvalue weighted by molar-refractivity contribution is 5.77. The van der Waals surface area contributed by atoms with Crippen molar-refractivity contribution >= 4 is 5.91 Å². The highest BCUT2D eigenvalue weighted by atomic mass is 19.4. The van der Waals surface area contributed by atoms with Crippen LogP contribution in [-0.4, -0.2) is 30.1 Å². The molecular formula is C13H14F3NO. The number of nitrogens with zero attached hydrogens (tertiary/aromatic N) is 1. The molecule has 0 saturated carbocycles. The van der Waals surface area contributed by atoms with Crippen molar-refractivity contribution in [2.75, 3.05) is 13.1 Å². The molecule has 1 aliphatic heterocycles. The van der Waals surface area contributed by atoms with Crippen LogP contribution in [0.25, 0.3) is 0 Å². The zero-order valence-electron chi connectivity index (χ0n) is 9.78. The highest BCUT2D eigenvalue weighted by Gasteiger charge is 2.36. The third kappa shape index (κ3) is 3.24. The van der Waals surface area contributed by atoms with Crippen LogP contribution < -0.4 is 0 Å². The van der Waals surface area contributed by atoms with Gasteiger partial charge in [0.05, 0.1) is 0 Å². The number of amides is 1. The van der Waals surface area contributed by atoms with E-state index in [2.05, 4.69) is 0 Å². The maximum atomic E-state index is 12.1. The Hall–Kier alpha value is -1.52. The number of hydrogen-bond donors (Lipinski definition) is 0. The summed E-state index contributed by atoms with van der Waals surface area (Å²) >= 11 is 0. The van der Waals surface area contributed by atoms with Crippen molar-refractivity contribution in [1.82, 2.24) is 4.90 Å². The fourth-order valence-corrected chi connectivity index (χ4v) is 2.27. The molecule has 98 valence electrons. The van der Waals surface area contributed by atoms with Crippen molar-refractivity contribution in [3.8, 4) is 0 Å². The van der Waals surface area contributed by atoms with E-state index in [1.807, 2.05) is 30.3 Å². The third-order valence-electron chi connectivity index (χ3n) is 3.16. The average molecular weight is 257 g/mol. The maximum absolute atomic E-state index is 12.1. The highest BCUT2D eigenvalue weighted by Crippen LogP contribution is 2.29. The lowest BCUT2D eigenvalue weighted by molar-refractivity contribution is -0.160. The molecule has 1 aliphatic rings. The standard InChI is InChI=1S/C13H14F3NO/c14-13(15,16)8-12(18)17-7-6-11(9-17)10-4-2-1-3-5-10/h1-5,11H,6-9H2. The monoisotopic (exact) mass is 257 g/mol. The minimum atomic E-state index is -4.41. The molecular weight excluding hydrogens is 243 g/mol. The summed E-state index contributed by atoms with van der Waals surface area (Å²) in [6, 6.07) is 9.58. The summed E-state index contributed by atoms with van der Waals surface area (Å²) in [5, 5.41) is 0. The number of hydrogen-bond acceptors (Lipinski definition) is 1. The van der Waals surface area contributed by atoms with Gasteiger partial charge in [-0.3, -0.25) is 4.79 Å². The predicted molar refractivity (Wildman–Crippen MR) is 61.1 cm³/mol. The summed E-state index contributed by atoms with van der Waals surface area (Å²) in [5.41, 5.74) is 1.08. The Kier molecular flexibility index (Phi) is 3.59. The number of carbonyl (C=O) groups excluding carboxylic acids is 1. The van der Waals surface area contributed by atoms with Gasteiger partial charge in [0, 0.05) is 19.0 Å². The summed E-state index contributed by atoms with van der Waals surface area (Å²) in [5.74, 6) is -0.663. The van der Waals surface area contributed by atoms with Crippen molar-refractivity contribution in [2.45, 2.75) is 24.9 Å². The van der Waals surface area contributed by atoms with Crippen molar-refractivity contribution in [3.63, 3.8) is 0 Å². The molecule has 18 heavy (non-hydrogen) atoms. The number of likely N-dealkylation sites (tertiary alicyclic amines) is 1. The van der Waals surface area contributed by atoms with Crippen LogP contribution >= 0.6 is 0 Å². The van der Waals surface area contributed by atoms with Crippen LogP contribution in [0.15, 0.2) is 30.3 Å². The second kappa shape index (κ2) is 5.00. The van der Waals surface area contributed by atoms with Crippen LogP contribution in [0, 0.1) is 0 Å². The van der Waals surface area contributed by atoms with E-state index in [9.17, 15) is 18.0 Å². The SMILES string of the molecule is O=C(CC(F)(F)F)N1CCC(c2ccccc2)C1. The first-order chi connectivity index (χ1) is 8.46. The molecule has 2 rings (SSSR count). The van der Waals surface area contributed by atoms with Crippen LogP contribution in [0.1, 0.15) is 24.3 Å². The van der Waals surface area contributed by atoms with E-state index in [1.54, 1.807) is 0 Å². The van der Waals surface area contributed by atoms with Crippen LogP contribution in [0.2, 0.25) is 0 Å². The van der Waals surface area contributed by atoms with Crippen LogP contribution in [0.5, 0.6) is 0 Å². The average Bonchev–Trinajstić information content (AvgIpc) is 2.77. The number of rotatable bonds is 2. The zero-order valence-corrected chi connectivity index (χ0v) is 9.78. The smallest absolute Gasteiger partial charge is 0.342 e. The van der Waals surface area contributed by atoms with E-state index in [-0.39, 0.29) is 5.92 Å². The number of alkyl halides is 3. The number of benzene rings is 1. The molecule has 1 heterocycles. The van der Waals surface area contributed by atoms with E-state index >= 15 is 0 Å². The lowest BCUT2D eigenvalue weighted by Crippen LogP contribution is -2.32. The van der Waals surface area contributed by atoms with Gasteiger partial charge in [0.2, 0.25) is 5.91 Å². The molecule has 5 heteroatoms. The van der Waals surface area contributed by atoms with E-state index in [1.165, 1.54) is 4.90 Å². The Bertz CT molecular complexity index is 416. The van der Waals surface area contributed by atoms with E-state index in [0.717, 1.165) is 12.0 Å². The minimum Gasteiger partial charge on any atom is -0.342 e. The molecule has 0 aliphatic carbocycles. The third-order valence-corrected chi connectivity index (χ3v) is 3.16. The molecule has 1 aromatic rings. The molecule has 1 saturated heterocycles. The zero-order chi connectivity index (χ0) is 13.2. The second-order valence-electron chi connectivity index (χ2n) is 4.53. The van der Waals surface area contributed by atoms with Gasteiger partial charge in [-0.1, -0.05) is 30.3 Å². The van der Waals surface area contributed by atoms with Gasteiger partial charge in [-0.25, -0.2) is 0 Å². The Morgan fingerprint density at radius 3 is 2.56 bits per heavy atom. The molecule has 1 amide bonds. The summed E-state index contributed by atoms with van der Waals surface area (Å²) in [7, 11) is 0. The Morgan fingerprint density at radius 2 is 1.94 bits per heavy atom. The Balaban J connectivity index is 1.95. The largest absolute Gasteiger partial charge is 0.397 e. The first kappa shape index (κ1) is 12.9. The van der Waals surface area contributed by atoms with E-state index in [0.29, 0.717) is 13.1 Å². The van der Waals surface area contributed by atoms with Gasteiger partial charge < -0.3 is 4.90 Å². The van der Waals surface area contributed by atoms with Gasteiger partial charge in [-0.15, -0.1) is 0 Å². The predicted octanol–water partition coefficient (Wildman–Crippen LogP) is 2.95. The molecule has 0 spiro atoms. The van der Waals surface area contributed by atoms with Gasteiger partial charge in [0.1, 0.15) is 6.42 Å².